The van der Waals surface area contributed by atoms with E-state index in [1.807, 2.05) is 0 Å². The first kappa shape index (κ1) is 14.7. The molecule has 0 aromatic heterocycles. The van der Waals surface area contributed by atoms with E-state index < -0.39 is 5.97 Å². The highest BCUT2D eigenvalue weighted by molar-refractivity contribution is 5.66. The molecule has 0 aliphatic heterocycles. The highest BCUT2D eigenvalue weighted by atomic mass is 16.4. The number of aryl methyl sites for hydroxylation is 2. The number of carboxylic acids is 1. The van der Waals surface area contributed by atoms with Gasteiger partial charge in [-0.3, -0.25) is 4.79 Å². The SMILES string of the molecule is Cc1ccc(CCC(C)NCCCC(=O)O)cc1. The molecular formula is C15H23NO2. The van der Waals surface area contributed by atoms with E-state index in [1.54, 1.807) is 0 Å². The minimum Gasteiger partial charge on any atom is -0.481 e. The monoisotopic (exact) mass is 249 g/mol. The second-order valence-corrected chi connectivity index (χ2v) is 4.88. The average Bonchev–Trinajstić information content (AvgIpc) is 2.34. The van der Waals surface area contributed by atoms with E-state index in [2.05, 4.69) is 43.4 Å². The van der Waals surface area contributed by atoms with E-state index in [4.69, 9.17) is 5.11 Å². The van der Waals surface area contributed by atoms with Crippen LogP contribution in [0.15, 0.2) is 24.3 Å². The Labute approximate surface area is 109 Å². The maximum Gasteiger partial charge on any atom is 0.303 e. The van der Waals surface area contributed by atoms with Crippen LogP contribution in [0.1, 0.15) is 37.3 Å². The van der Waals surface area contributed by atoms with Gasteiger partial charge in [-0.1, -0.05) is 29.8 Å². The van der Waals surface area contributed by atoms with Crippen LogP contribution in [-0.2, 0) is 11.2 Å². The van der Waals surface area contributed by atoms with Crippen LogP contribution in [0.25, 0.3) is 0 Å². The van der Waals surface area contributed by atoms with Crippen molar-refractivity contribution < 1.29 is 9.90 Å². The summed E-state index contributed by atoms with van der Waals surface area (Å²) in [7, 11) is 0. The largest absolute Gasteiger partial charge is 0.481 e. The number of aliphatic carboxylic acids is 1. The Morgan fingerprint density at radius 3 is 2.61 bits per heavy atom. The van der Waals surface area contributed by atoms with Gasteiger partial charge >= 0.3 is 5.97 Å². The van der Waals surface area contributed by atoms with Gasteiger partial charge in [0.05, 0.1) is 0 Å². The van der Waals surface area contributed by atoms with E-state index >= 15 is 0 Å². The zero-order chi connectivity index (χ0) is 13.4. The number of carboxylic acid groups (broad SMARTS) is 1. The molecule has 1 aromatic carbocycles. The molecule has 18 heavy (non-hydrogen) atoms. The van der Waals surface area contributed by atoms with Crippen LogP contribution < -0.4 is 5.32 Å². The summed E-state index contributed by atoms with van der Waals surface area (Å²) in [5, 5.41) is 11.9. The smallest absolute Gasteiger partial charge is 0.303 e. The Balaban J connectivity index is 2.14. The van der Waals surface area contributed by atoms with Crippen molar-refractivity contribution in [1.82, 2.24) is 5.32 Å². The number of nitrogens with one attached hydrogen (secondary N) is 1. The third-order valence-electron chi connectivity index (χ3n) is 3.05. The molecule has 2 N–H and O–H groups in total. The molecule has 0 spiro atoms. The Morgan fingerprint density at radius 1 is 1.33 bits per heavy atom. The van der Waals surface area contributed by atoms with Gasteiger partial charge in [0.25, 0.3) is 0 Å². The van der Waals surface area contributed by atoms with Crippen molar-refractivity contribution in [1.29, 1.82) is 0 Å². The molecule has 0 saturated heterocycles. The normalized spacial score (nSPS) is 12.3. The molecule has 0 aliphatic carbocycles. The molecule has 1 atom stereocenters. The lowest BCUT2D eigenvalue weighted by Crippen LogP contribution is -2.27. The first-order chi connectivity index (χ1) is 8.58. The fourth-order valence-corrected chi connectivity index (χ4v) is 1.83. The Kier molecular flexibility index (Phi) is 6.44. The standard InChI is InChI=1S/C15H23NO2/c1-12-5-8-14(9-6-12)10-7-13(2)16-11-3-4-15(17)18/h5-6,8-9,13,16H,3-4,7,10-11H2,1-2H3,(H,17,18). The van der Waals surface area contributed by atoms with Crippen molar-refractivity contribution in [2.24, 2.45) is 0 Å². The number of carbonyl (C=O) groups is 1. The van der Waals surface area contributed by atoms with Gasteiger partial charge in [-0.15, -0.1) is 0 Å². The predicted octanol–water partition coefficient (Wildman–Crippen LogP) is 2.77. The summed E-state index contributed by atoms with van der Waals surface area (Å²) < 4.78 is 0. The second-order valence-electron chi connectivity index (χ2n) is 4.88. The topological polar surface area (TPSA) is 49.3 Å². The molecule has 0 aliphatic rings. The lowest BCUT2D eigenvalue weighted by molar-refractivity contribution is -0.137. The van der Waals surface area contributed by atoms with Crippen LogP contribution in [0.4, 0.5) is 0 Å². The number of hydrogen-bond acceptors (Lipinski definition) is 2. The van der Waals surface area contributed by atoms with Crippen molar-refractivity contribution in [3.8, 4) is 0 Å². The van der Waals surface area contributed by atoms with Gasteiger partial charge in [0.1, 0.15) is 0 Å². The molecule has 3 nitrogen and oxygen atoms in total. The van der Waals surface area contributed by atoms with Gasteiger partial charge in [0.2, 0.25) is 0 Å². The summed E-state index contributed by atoms with van der Waals surface area (Å²) in [6, 6.07) is 9.06. The molecule has 1 aromatic rings. The maximum absolute atomic E-state index is 10.4. The molecule has 3 heteroatoms. The number of hydrogen-bond donors (Lipinski definition) is 2. The number of rotatable bonds is 8. The van der Waals surface area contributed by atoms with E-state index in [9.17, 15) is 4.79 Å². The van der Waals surface area contributed by atoms with E-state index in [-0.39, 0.29) is 6.42 Å². The molecule has 1 unspecified atom stereocenters. The summed E-state index contributed by atoms with van der Waals surface area (Å²) >= 11 is 0. The summed E-state index contributed by atoms with van der Waals surface area (Å²) in [4.78, 5) is 10.4. The first-order valence-corrected chi connectivity index (χ1v) is 6.58. The van der Waals surface area contributed by atoms with Gasteiger partial charge in [-0.2, -0.15) is 0 Å². The van der Waals surface area contributed by atoms with Crippen LogP contribution in [0.5, 0.6) is 0 Å². The highest BCUT2D eigenvalue weighted by Crippen LogP contribution is 2.07. The third kappa shape index (κ3) is 6.40. The zero-order valence-corrected chi connectivity index (χ0v) is 11.3. The molecule has 0 saturated carbocycles. The van der Waals surface area contributed by atoms with Crippen molar-refractivity contribution in [3.63, 3.8) is 0 Å². The Morgan fingerprint density at radius 2 is 2.00 bits per heavy atom. The third-order valence-corrected chi connectivity index (χ3v) is 3.05. The predicted molar refractivity (Wildman–Crippen MR) is 73.8 cm³/mol. The quantitative estimate of drug-likeness (QED) is 0.696. The van der Waals surface area contributed by atoms with Gasteiger partial charge in [0.15, 0.2) is 0 Å². The molecular weight excluding hydrogens is 226 g/mol. The summed E-state index contributed by atoms with van der Waals surface area (Å²) in [6.45, 7) is 5.02. The van der Waals surface area contributed by atoms with Gasteiger partial charge in [-0.25, -0.2) is 0 Å². The van der Waals surface area contributed by atoms with Crippen LogP contribution in [0.2, 0.25) is 0 Å². The fourth-order valence-electron chi connectivity index (χ4n) is 1.83. The van der Waals surface area contributed by atoms with Crippen LogP contribution in [0.3, 0.4) is 0 Å². The zero-order valence-electron chi connectivity index (χ0n) is 11.3. The summed E-state index contributed by atoms with van der Waals surface area (Å²) in [6.07, 6.45) is 3.09. The van der Waals surface area contributed by atoms with E-state index in [0.717, 1.165) is 19.4 Å². The lowest BCUT2D eigenvalue weighted by atomic mass is 10.0. The molecule has 0 fully saturated rings. The van der Waals surface area contributed by atoms with Crippen molar-refractivity contribution in [2.75, 3.05) is 6.54 Å². The molecule has 1 rings (SSSR count). The van der Waals surface area contributed by atoms with Crippen molar-refractivity contribution in [3.05, 3.63) is 35.4 Å². The number of benzene rings is 1. The van der Waals surface area contributed by atoms with Crippen molar-refractivity contribution in [2.45, 2.75) is 45.6 Å². The van der Waals surface area contributed by atoms with E-state index in [0.29, 0.717) is 12.5 Å². The van der Waals surface area contributed by atoms with Crippen LogP contribution in [-0.4, -0.2) is 23.7 Å². The second kappa shape index (κ2) is 7.88. The fraction of sp³-hybridized carbons (Fsp3) is 0.533. The van der Waals surface area contributed by atoms with Gasteiger partial charge < -0.3 is 10.4 Å². The average molecular weight is 249 g/mol. The maximum atomic E-state index is 10.4. The molecule has 0 bridgehead atoms. The van der Waals surface area contributed by atoms with Gasteiger partial charge in [-0.05, 0) is 45.2 Å². The Bertz CT molecular complexity index is 359. The van der Waals surface area contributed by atoms with Gasteiger partial charge in [0, 0.05) is 12.5 Å². The summed E-state index contributed by atoms with van der Waals surface area (Å²) in [5.74, 6) is -0.718. The van der Waals surface area contributed by atoms with Crippen molar-refractivity contribution >= 4 is 5.97 Å². The molecule has 0 radical (unpaired) electrons. The highest BCUT2D eigenvalue weighted by Gasteiger charge is 2.03. The Hall–Kier alpha value is -1.35. The molecule has 0 heterocycles. The van der Waals surface area contributed by atoms with E-state index in [1.165, 1.54) is 11.1 Å². The first-order valence-electron chi connectivity index (χ1n) is 6.58. The molecule has 0 amide bonds. The van der Waals surface area contributed by atoms with Crippen LogP contribution in [0, 0.1) is 6.92 Å². The minimum atomic E-state index is -0.718. The van der Waals surface area contributed by atoms with Crippen LogP contribution >= 0.6 is 0 Å². The molecule has 100 valence electrons. The minimum absolute atomic E-state index is 0.248. The summed E-state index contributed by atoms with van der Waals surface area (Å²) in [5.41, 5.74) is 2.65. The lowest BCUT2D eigenvalue weighted by Gasteiger charge is -2.13.